The molecule has 2 aromatic heterocycles. The molecule has 0 unspecified atom stereocenters. The van der Waals surface area contributed by atoms with Crippen LogP contribution in [-0.4, -0.2) is 15.0 Å². The van der Waals surface area contributed by atoms with Gasteiger partial charge < -0.3 is 4.42 Å². The van der Waals surface area contributed by atoms with Crippen molar-refractivity contribution >= 4 is 65.0 Å². The molecule has 0 aliphatic carbocycles. The van der Waals surface area contributed by atoms with Crippen LogP contribution in [0, 0.1) is 0 Å². The normalized spacial score (nSPS) is 11.8. The molecule has 4 heteroatoms. The highest BCUT2D eigenvalue weighted by Gasteiger charge is 2.19. The van der Waals surface area contributed by atoms with Crippen molar-refractivity contribution in [3.05, 3.63) is 176 Å². The van der Waals surface area contributed by atoms with E-state index < -0.39 is 0 Å². The van der Waals surface area contributed by atoms with Gasteiger partial charge in [0, 0.05) is 27.5 Å². The van der Waals surface area contributed by atoms with Crippen molar-refractivity contribution in [2.24, 2.45) is 0 Å². The highest BCUT2D eigenvalue weighted by molar-refractivity contribution is 6.22. The zero-order valence-electron chi connectivity index (χ0n) is 28.5. The summed E-state index contributed by atoms with van der Waals surface area (Å²) < 4.78 is 6.28. The van der Waals surface area contributed by atoms with E-state index in [0.717, 1.165) is 65.9 Å². The van der Waals surface area contributed by atoms with Crippen LogP contribution in [0.25, 0.3) is 110 Å². The minimum absolute atomic E-state index is 0.631. The van der Waals surface area contributed by atoms with E-state index in [4.69, 9.17) is 19.4 Å². The lowest BCUT2D eigenvalue weighted by Crippen LogP contribution is -2.01. The summed E-state index contributed by atoms with van der Waals surface area (Å²) in [7, 11) is 0. The van der Waals surface area contributed by atoms with E-state index in [-0.39, 0.29) is 0 Å². The zero-order chi connectivity index (χ0) is 34.9. The van der Waals surface area contributed by atoms with Crippen molar-refractivity contribution in [1.82, 2.24) is 15.0 Å². The molecule has 11 rings (SSSR count). The molecule has 4 nitrogen and oxygen atoms in total. The zero-order valence-corrected chi connectivity index (χ0v) is 28.5. The fourth-order valence-electron chi connectivity index (χ4n) is 8.12. The largest absolute Gasteiger partial charge is 0.456 e. The third-order valence-corrected chi connectivity index (χ3v) is 10.5. The second-order valence-corrected chi connectivity index (χ2v) is 13.5. The van der Waals surface area contributed by atoms with Gasteiger partial charge >= 0.3 is 0 Å². The average Bonchev–Trinajstić information content (AvgIpc) is 3.62. The molecule has 0 saturated heterocycles. The maximum atomic E-state index is 6.28. The van der Waals surface area contributed by atoms with Crippen molar-refractivity contribution in [3.63, 3.8) is 0 Å². The maximum Gasteiger partial charge on any atom is 0.164 e. The topological polar surface area (TPSA) is 51.8 Å². The Bertz CT molecular complexity index is 3240. The molecule has 0 aliphatic rings. The summed E-state index contributed by atoms with van der Waals surface area (Å²) in [6, 6.07) is 61.5. The van der Waals surface area contributed by atoms with Crippen LogP contribution < -0.4 is 0 Å². The third kappa shape index (κ3) is 4.66. The Morgan fingerprint density at radius 1 is 0.283 bits per heavy atom. The second-order valence-electron chi connectivity index (χ2n) is 13.5. The summed E-state index contributed by atoms with van der Waals surface area (Å²) >= 11 is 0. The quantitative estimate of drug-likeness (QED) is 0.174. The second kappa shape index (κ2) is 11.7. The number of benzene rings is 9. The van der Waals surface area contributed by atoms with Crippen LogP contribution in [0.4, 0.5) is 0 Å². The summed E-state index contributed by atoms with van der Waals surface area (Å²) in [6.45, 7) is 0. The molecule has 0 bridgehead atoms. The average molecular weight is 676 g/mol. The number of nitrogens with zero attached hydrogens (tertiary/aromatic N) is 3. The Hall–Kier alpha value is -7.17. The lowest BCUT2D eigenvalue weighted by molar-refractivity contribution is 0.669. The first-order chi connectivity index (χ1) is 26.3. The number of hydrogen-bond donors (Lipinski definition) is 0. The minimum Gasteiger partial charge on any atom is -0.456 e. The number of para-hydroxylation sites is 1. The molecular weight excluding hydrogens is 647 g/mol. The monoisotopic (exact) mass is 675 g/mol. The molecule has 0 fully saturated rings. The molecule has 0 saturated carbocycles. The summed E-state index contributed by atoms with van der Waals surface area (Å²) in [4.78, 5) is 15.6. The van der Waals surface area contributed by atoms with Gasteiger partial charge in [-0.25, -0.2) is 15.0 Å². The van der Waals surface area contributed by atoms with E-state index >= 15 is 0 Å². The lowest BCUT2D eigenvalue weighted by atomic mass is 9.92. The van der Waals surface area contributed by atoms with Crippen molar-refractivity contribution < 1.29 is 4.42 Å². The van der Waals surface area contributed by atoms with Crippen molar-refractivity contribution in [1.29, 1.82) is 0 Å². The molecule has 0 amide bonds. The van der Waals surface area contributed by atoms with Crippen molar-refractivity contribution in [3.8, 4) is 45.3 Å². The van der Waals surface area contributed by atoms with Gasteiger partial charge in [0.15, 0.2) is 17.5 Å². The Labute approximate surface area is 304 Å². The Morgan fingerprint density at radius 3 is 1.68 bits per heavy atom. The standard InChI is InChI=1S/C49H29N3O/c1-2-13-32(14-3-1)47-50-48(40-21-10-19-38-37(40)27-26-31-25-24-30-12-4-5-15-33(30)45(31)38)52-49(51-47)41-29-28-36(34-16-6-7-17-35(34)41)39-20-11-23-44-46(39)42-18-8-9-22-43(42)53-44/h1-29H. The Kier molecular flexibility index (Phi) is 6.52. The number of rotatable bonds is 4. The molecule has 0 atom stereocenters. The van der Waals surface area contributed by atoms with Gasteiger partial charge in [0.25, 0.3) is 0 Å². The van der Waals surface area contributed by atoms with Crippen LogP contribution >= 0.6 is 0 Å². The van der Waals surface area contributed by atoms with Crippen molar-refractivity contribution in [2.75, 3.05) is 0 Å². The van der Waals surface area contributed by atoms with Gasteiger partial charge in [0.1, 0.15) is 11.2 Å². The fourth-order valence-corrected chi connectivity index (χ4v) is 8.12. The molecule has 0 radical (unpaired) electrons. The van der Waals surface area contributed by atoms with E-state index in [0.29, 0.717) is 17.5 Å². The Morgan fingerprint density at radius 2 is 0.830 bits per heavy atom. The van der Waals surface area contributed by atoms with Gasteiger partial charge in [-0.05, 0) is 72.4 Å². The highest BCUT2D eigenvalue weighted by Crippen LogP contribution is 2.42. The van der Waals surface area contributed by atoms with Gasteiger partial charge in [0.05, 0.1) is 0 Å². The van der Waals surface area contributed by atoms with E-state index in [2.05, 4.69) is 140 Å². The van der Waals surface area contributed by atoms with Crippen LogP contribution in [0.1, 0.15) is 0 Å². The summed E-state index contributed by atoms with van der Waals surface area (Å²) in [5.41, 5.74) is 6.88. The van der Waals surface area contributed by atoms with Crippen LogP contribution in [0.3, 0.4) is 0 Å². The summed E-state index contributed by atoms with van der Waals surface area (Å²) in [5, 5.41) is 11.6. The predicted octanol–water partition coefficient (Wildman–Crippen LogP) is 13.1. The van der Waals surface area contributed by atoms with Gasteiger partial charge in [-0.1, -0.05) is 158 Å². The molecule has 0 aliphatic heterocycles. The van der Waals surface area contributed by atoms with E-state index in [1.54, 1.807) is 0 Å². The van der Waals surface area contributed by atoms with E-state index in [1.807, 2.05) is 36.4 Å². The fraction of sp³-hybridized carbons (Fsp3) is 0. The smallest absolute Gasteiger partial charge is 0.164 e. The number of fused-ring (bicyclic) bond motifs is 9. The first-order valence-electron chi connectivity index (χ1n) is 17.9. The highest BCUT2D eigenvalue weighted by atomic mass is 16.3. The number of aromatic nitrogens is 3. The van der Waals surface area contributed by atoms with Crippen LogP contribution in [0.2, 0.25) is 0 Å². The molecule has 9 aromatic carbocycles. The minimum atomic E-state index is 0.631. The van der Waals surface area contributed by atoms with Gasteiger partial charge in [0.2, 0.25) is 0 Å². The molecule has 246 valence electrons. The Balaban J connectivity index is 1.16. The molecule has 0 spiro atoms. The predicted molar refractivity (Wildman–Crippen MR) is 219 cm³/mol. The molecular formula is C49H29N3O. The summed E-state index contributed by atoms with van der Waals surface area (Å²) in [6.07, 6.45) is 0. The van der Waals surface area contributed by atoms with E-state index in [1.165, 1.54) is 26.9 Å². The SMILES string of the molecule is c1ccc(-c2nc(-c3ccc(-c4cccc5oc6ccccc6c45)c4ccccc34)nc(-c3cccc4c3ccc3ccc5ccccc5c34)n2)cc1. The summed E-state index contributed by atoms with van der Waals surface area (Å²) in [5.74, 6) is 1.91. The van der Waals surface area contributed by atoms with Crippen LogP contribution in [0.5, 0.6) is 0 Å². The molecule has 0 N–H and O–H groups in total. The first kappa shape index (κ1) is 29.5. The van der Waals surface area contributed by atoms with Gasteiger partial charge in [-0.2, -0.15) is 0 Å². The molecule has 11 aromatic rings. The third-order valence-electron chi connectivity index (χ3n) is 10.5. The van der Waals surface area contributed by atoms with Crippen molar-refractivity contribution in [2.45, 2.75) is 0 Å². The maximum absolute atomic E-state index is 6.28. The number of furan rings is 1. The molecule has 53 heavy (non-hydrogen) atoms. The lowest BCUT2D eigenvalue weighted by Gasteiger charge is -2.15. The van der Waals surface area contributed by atoms with Crippen LogP contribution in [-0.2, 0) is 0 Å². The van der Waals surface area contributed by atoms with Gasteiger partial charge in [-0.15, -0.1) is 0 Å². The molecule has 2 heterocycles. The van der Waals surface area contributed by atoms with E-state index in [9.17, 15) is 0 Å². The van der Waals surface area contributed by atoms with Crippen LogP contribution in [0.15, 0.2) is 180 Å². The van der Waals surface area contributed by atoms with Gasteiger partial charge in [-0.3, -0.25) is 0 Å². The first-order valence-corrected chi connectivity index (χ1v) is 17.9. The number of hydrogen-bond acceptors (Lipinski definition) is 4.